The average Bonchev–Trinajstić information content (AvgIpc) is 2.51. The molecule has 2 amide bonds. The van der Waals surface area contributed by atoms with Gasteiger partial charge in [-0.2, -0.15) is 0 Å². The van der Waals surface area contributed by atoms with Crippen molar-refractivity contribution in [2.24, 2.45) is 11.7 Å². The van der Waals surface area contributed by atoms with Gasteiger partial charge in [-0.3, -0.25) is 9.59 Å². The lowest BCUT2D eigenvalue weighted by atomic mass is 10.0. The van der Waals surface area contributed by atoms with Gasteiger partial charge in [0.2, 0.25) is 5.91 Å². The molecule has 0 heterocycles. The molecule has 0 radical (unpaired) electrons. The smallest absolute Gasteiger partial charge is 0.253 e. The fourth-order valence-electron chi connectivity index (χ4n) is 1.98. The maximum Gasteiger partial charge on any atom is 0.253 e. The first-order chi connectivity index (χ1) is 10.3. The van der Waals surface area contributed by atoms with Gasteiger partial charge in [0.25, 0.3) is 5.91 Å². The maximum atomic E-state index is 12.4. The van der Waals surface area contributed by atoms with Crippen molar-refractivity contribution in [1.82, 2.24) is 4.90 Å². The molecular formula is C17H27N3O2. The number of nitrogens with zero attached hydrogens (tertiary/aromatic N) is 1. The monoisotopic (exact) mass is 305 g/mol. The molecule has 3 N–H and O–H groups in total. The summed E-state index contributed by atoms with van der Waals surface area (Å²) in [6, 6.07) is 7.09. The second-order valence-electron chi connectivity index (χ2n) is 5.91. The molecule has 0 spiro atoms. The molecule has 0 saturated heterocycles. The van der Waals surface area contributed by atoms with Crippen LogP contribution in [0.4, 0.5) is 5.69 Å². The fraction of sp³-hybridized carbons (Fsp3) is 0.529. The minimum atomic E-state index is -0.0686. The number of amides is 2. The van der Waals surface area contributed by atoms with E-state index < -0.39 is 0 Å². The van der Waals surface area contributed by atoms with E-state index in [1.807, 2.05) is 0 Å². The Morgan fingerprint density at radius 1 is 1.32 bits per heavy atom. The van der Waals surface area contributed by atoms with Crippen LogP contribution in [0.1, 0.15) is 44.0 Å². The summed E-state index contributed by atoms with van der Waals surface area (Å²) in [6.07, 6.45) is 1.18. The second-order valence-corrected chi connectivity index (χ2v) is 5.91. The molecule has 1 aromatic carbocycles. The molecule has 0 aromatic heterocycles. The molecule has 0 aliphatic rings. The van der Waals surface area contributed by atoms with Crippen molar-refractivity contribution in [3.8, 4) is 0 Å². The SMILES string of the molecule is CCC(=O)Nc1cccc(C(=O)N(C)CCC(N)C(C)C)c1. The number of anilines is 1. The van der Waals surface area contributed by atoms with E-state index in [-0.39, 0.29) is 17.9 Å². The van der Waals surface area contributed by atoms with Crippen LogP contribution in [-0.2, 0) is 4.79 Å². The first-order valence-corrected chi connectivity index (χ1v) is 7.76. The zero-order chi connectivity index (χ0) is 16.7. The van der Waals surface area contributed by atoms with E-state index in [4.69, 9.17) is 5.73 Å². The van der Waals surface area contributed by atoms with Gasteiger partial charge in [-0.05, 0) is 30.5 Å². The van der Waals surface area contributed by atoms with Gasteiger partial charge < -0.3 is 16.0 Å². The highest BCUT2D eigenvalue weighted by molar-refractivity contribution is 5.97. The number of carbonyl (C=O) groups is 2. The van der Waals surface area contributed by atoms with E-state index in [0.717, 1.165) is 6.42 Å². The third kappa shape index (κ3) is 5.48. The zero-order valence-electron chi connectivity index (χ0n) is 13.9. The van der Waals surface area contributed by atoms with Crippen LogP contribution in [0.5, 0.6) is 0 Å². The average molecular weight is 305 g/mol. The van der Waals surface area contributed by atoms with Gasteiger partial charge >= 0.3 is 0 Å². The predicted molar refractivity (Wildman–Crippen MR) is 89.8 cm³/mol. The lowest BCUT2D eigenvalue weighted by Gasteiger charge is -2.21. The highest BCUT2D eigenvalue weighted by Gasteiger charge is 2.15. The summed E-state index contributed by atoms with van der Waals surface area (Å²) in [5.41, 5.74) is 7.22. The molecule has 0 fully saturated rings. The third-order valence-corrected chi connectivity index (χ3v) is 3.72. The number of hydrogen-bond acceptors (Lipinski definition) is 3. The molecule has 0 aliphatic carbocycles. The van der Waals surface area contributed by atoms with Crippen LogP contribution >= 0.6 is 0 Å². The molecule has 1 aromatic rings. The molecule has 22 heavy (non-hydrogen) atoms. The molecule has 0 aliphatic heterocycles. The van der Waals surface area contributed by atoms with Crippen LogP contribution < -0.4 is 11.1 Å². The van der Waals surface area contributed by atoms with Gasteiger partial charge in [-0.25, -0.2) is 0 Å². The highest BCUT2D eigenvalue weighted by Crippen LogP contribution is 2.13. The number of hydrogen-bond donors (Lipinski definition) is 2. The second kappa shape index (κ2) is 8.54. The van der Waals surface area contributed by atoms with Crippen molar-refractivity contribution in [2.75, 3.05) is 18.9 Å². The van der Waals surface area contributed by atoms with Gasteiger partial charge in [0.05, 0.1) is 0 Å². The number of nitrogens with two attached hydrogens (primary N) is 1. The van der Waals surface area contributed by atoms with E-state index >= 15 is 0 Å². The molecule has 122 valence electrons. The maximum absolute atomic E-state index is 12.4. The summed E-state index contributed by atoms with van der Waals surface area (Å²) in [6.45, 7) is 6.55. The van der Waals surface area contributed by atoms with E-state index in [0.29, 0.717) is 30.1 Å². The fourth-order valence-corrected chi connectivity index (χ4v) is 1.98. The molecule has 1 atom stereocenters. The van der Waals surface area contributed by atoms with E-state index in [9.17, 15) is 9.59 Å². The van der Waals surface area contributed by atoms with Gasteiger partial charge in [0, 0.05) is 37.3 Å². The summed E-state index contributed by atoms with van der Waals surface area (Å²) in [4.78, 5) is 25.5. The van der Waals surface area contributed by atoms with Crippen LogP contribution in [0.2, 0.25) is 0 Å². The molecule has 0 saturated carbocycles. The van der Waals surface area contributed by atoms with Crippen molar-refractivity contribution in [3.05, 3.63) is 29.8 Å². The van der Waals surface area contributed by atoms with E-state index in [1.54, 1.807) is 43.1 Å². The topological polar surface area (TPSA) is 75.4 Å². The quantitative estimate of drug-likeness (QED) is 0.812. The zero-order valence-corrected chi connectivity index (χ0v) is 13.9. The lowest BCUT2D eigenvalue weighted by molar-refractivity contribution is -0.115. The molecule has 5 heteroatoms. The Morgan fingerprint density at radius 2 is 2.00 bits per heavy atom. The van der Waals surface area contributed by atoms with Crippen LogP contribution in [0.15, 0.2) is 24.3 Å². The molecule has 1 rings (SSSR count). The van der Waals surface area contributed by atoms with Crippen molar-refractivity contribution >= 4 is 17.5 Å². The van der Waals surface area contributed by atoms with Gasteiger partial charge in [-0.15, -0.1) is 0 Å². The first-order valence-electron chi connectivity index (χ1n) is 7.76. The van der Waals surface area contributed by atoms with Crippen LogP contribution in [0.3, 0.4) is 0 Å². The summed E-state index contributed by atoms with van der Waals surface area (Å²) < 4.78 is 0. The van der Waals surface area contributed by atoms with Crippen LogP contribution in [-0.4, -0.2) is 36.3 Å². The van der Waals surface area contributed by atoms with Crippen molar-refractivity contribution in [2.45, 2.75) is 39.7 Å². The van der Waals surface area contributed by atoms with E-state index in [1.165, 1.54) is 0 Å². The Hall–Kier alpha value is -1.88. The van der Waals surface area contributed by atoms with Crippen LogP contribution in [0, 0.1) is 5.92 Å². The minimum Gasteiger partial charge on any atom is -0.342 e. The minimum absolute atomic E-state index is 0.0662. The summed E-state index contributed by atoms with van der Waals surface area (Å²) in [5.74, 6) is 0.264. The number of carbonyl (C=O) groups excluding carboxylic acids is 2. The van der Waals surface area contributed by atoms with Gasteiger partial charge in [0.1, 0.15) is 0 Å². The van der Waals surface area contributed by atoms with Gasteiger partial charge in [0.15, 0.2) is 0 Å². The normalized spacial score (nSPS) is 12.1. The highest BCUT2D eigenvalue weighted by atomic mass is 16.2. The Balaban J connectivity index is 2.68. The predicted octanol–water partition coefficient (Wildman–Crippen LogP) is 2.48. The lowest BCUT2D eigenvalue weighted by Crippen LogP contribution is -2.34. The molecule has 5 nitrogen and oxygen atoms in total. The van der Waals surface area contributed by atoms with Crippen molar-refractivity contribution < 1.29 is 9.59 Å². The van der Waals surface area contributed by atoms with Crippen molar-refractivity contribution in [1.29, 1.82) is 0 Å². The third-order valence-electron chi connectivity index (χ3n) is 3.72. The Labute approximate surface area is 132 Å². The van der Waals surface area contributed by atoms with Crippen molar-refractivity contribution in [3.63, 3.8) is 0 Å². The number of rotatable bonds is 7. The van der Waals surface area contributed by atoms with E-state index in [2.05, 4.69) is 19.2 Å². The van der Waals surface area contributed by atoms with Crippen LogP contribution in [0.25, 0.3) is 0 Å². The Bertz CT molecular complexity index is 514. The number of nitrogens with one attached hydrogen (secondary N) is 1. The Kier molecular flexibility index (Phi) is 7.05. The largest absolute Gasteiger partial charge is 0.342 e. The number of benzene rings is 1. The molecular weight excluding hydrogens is 278 g/mol. The Morgan fingerprint density at radius 3 is 2.59 bits per heavy atom. The standard InChI is InChI=1S/C17H27N3O2/c1-5-16(21)19-14-8-6-7-13(11-14)17(22)20(4)10-9-15(18)12(2)3/h6-8,11-12,15H,5,9-10,18H2,1-4H3,(H,19,21). The molecule has 0 bridgehead atoms. The summed E-state index contributed by atoms with van der Waals surface area (Å²) in [7, 11) is 1.77. The summed E-state index contributed by atoms with van der Waals surface area (Å²) >= 11 is 0. The van der Waals surface area contributed by atoms with Gasteiger partial charge in [-0.1, -0.05) is 26.8 Å². The molecule has 1 unspecified atom stereocenters. The summed E-state index contributed by atoms with van der Waals surface area (Å²) in [5, 5.41) is 2.76. The first kappa shape index (κ1) is 18.2.